The number of hydrogen-bond acceptors (Lipinski definition) is 5. The molecule has 0 spiro atoms. The van der Waals surface area contributed by atoms with E-state index >= 15 is 0 Å². The minimum absolute atomic E-state index is 0.253. The number of rotatable bonds is 7. The highest BCUT2D eigenvalue weighted by Gasteiger charge is 2.60. The Morgan fingerprint density at radius 3 is 2.15 bits per heavy atom. The van der Waals surface area contributed by atoms with Crippen LogP contribution in [0.2, 0.25) is 0 Å². The van der Waals surface area contributed by atoms with Crippen molar-refractivity contribution in [3.8, 4) is 5.75 Å². The minimum atomic E-state index is -0.872. The lowest BCUT2D eigenvalue weighted by Crippen LogP contribution is -2.37. The van der Waals surface area contributed by atoms with Gasteiger partial charge in [0.1, 0.15) is 11.7 Å². The number of ether oxygens (including phenoxy) is 1. The summed E-state index contributed by atoms with van der Waals surface area (Å²) in [6.45, 7) is 2.75. The molecule has 0 N–H and O–H groups in total. The first kappa shape index (κ1) is 21.2. The number of para-hydroxylation sites is 1. The Morgan fingerprint density at radius 2 is 1.48 bits per heavy atom. The van der Waals surface area contributed by atoms with Crippen LogP contribution in [0.4, 0.5) is 11.4 Å². The molecule has 0 aromatic heterocycles. The average Bonchev–Trinajstić information content (AvgIpc) is 3.37. The molecule has 0 radical (unpaired) electrons. The monoisotopic (exact) mass is 442 g/mol. The van der Waals surface area contributed by atoms with Gasteiger partial charge in [0, 0.05) is 0 Å². The van der Waals surface area contributed by atoms with Crippen molar-refractivity contribution in [2.24, 2.45) is 5.92 Å². The number of imide groups is 1. The number of hydrogen-bond donors (Lipinski definition) is 0. The van der Waals surface area contributed by atoms with Crippen molar-refractivity contribution in [3.63, 3.8) is 0 Å². The number of unbranched alkanes of at least 4 members (excludes halogenated alkanes) is 1. The van der Waals surface area contributed by atoms with Gasteiger partial charge in [0.2, 0.25) is 5.91 Å². The zero-order valence-corrected chi connectivity index (χ0v) is 18.5. The van der Waals surface area contributed by atoms with Crippen LogP contribution in [-0.4, -0.2) is 24.5 Å². The number of fused-ring (bicyclic) bond motifs is 1. The fourth-order valence-corrected chi connectivity index (χ4v) is 4.48. The molecule has 3 atom stereocenters. The number of hydroxylamine groups is 1. The molecule has 2 fully saturated rings. The Bertz CT molecular complexity index is 1120. The number of nitrogens with zero attached hydrogens (tertiary/aromatic N) is 2. The topological polar surface area (TPSA) is 59.1 Å². The third kappa shape index (κ3) is 3.87. The predicted molar refractivity (Wildman–Crippen MR) is 126 cm³/mol. The second kappa shape index (κ2) is 9.08. The van der Waals surface area contributed by atoms with E-state index in [0.717, 1.165) is 29.8 Å². The van der Waals surface area contributed by atoms with E-state index in [1.165, 1.54) is 4.90 Å². The van der Waals surface area contributed by atoms with E-state index in [1.807, 2.05) is 60.7 Å². The molecule has 2 aliphatic rings. The third-order valence-electron chi connectivity index (χ3n) is 6.13. The molecule has 0 saturated carbocycles. The van der Waals surface area contributed by atoms with E-state index in [4.69, 9.17) is 9.57 Å². The predicted octanol–water partition coefficient (Wildman–Crippen LogP) is 4.92. The lowest BCUT2D eigenvalue weighted by atomic mass is 9.90. The molecule has 2 heterocycles. The van der Waals surface area contributed by atoms with Crippen LogP contribution in [0, 0.1) is 5.92 Å². The van der Waals surface area contributed by atoms with Crippen LogP contribution < -0.4 is 14.7 Å². The van der Waals surface area contributed by atoms with E-state index in [0.29, 0.717) is 12.3 Å². The summed E-state index contributed by atoms with van der Waals surface area (Å²) in [6.07, 6.45) is 1.16. The number of carbonyl (C=O) groups is 2. The SMILES string of the molecule is CCCCOc1ccc(N2C(=O)[C@H]3[C@H](ON(c4ccccc4)[C@@H]3c3ccccc3)C2=O)cc1. The highest BCUT2D eigenvalue weighted by Crippen LogP contribution is 2.47. The van der Waals surface area contributed by atoms with Gasteiger partial charge in [-0.25, -0.2) is 9.96 Å². The van der Waals surface area contributed by atoms with Crippen molar-refractivity contribution in [1.29, 1.82) is 0 Å². The van der Waals surface area contributed by atoms with Crippen LogP contribution in [0.3, 0.4) is 0 Å². The number of anilines is 2. The van der Waals surface area contributed by atoms with Crippen LogP contribution in [0.5, 0.6) is 5.75 Å². The largest absolute Gasteiger partial charge is 0.494 e. The summed E-state index contributed by atoms with van der Waals surface area (Å²) in [7, 11) is 0. The summed E-state index contributed by atoms with van der Waals surface area (Å²) in [4.78, 5) is 34.4. The van der Waals surface area contributed by atoms with Gasteiger partial charge in [-0.05, 0) is 48.4 Å². The van der Waals surface area contributed by atoms with Gasteiger partial charge < -0.3 is 4.74 Å². The molecule has 0 unspecified atom stereocenters. The first-order valence-corrected chi connectivity index (χ1v) is 11.4. The van der Waals surface area contributed by atoms with Crippen LogP contribution in [0.15, 0.2) is 84.9 Å². The molecule has 6 heteroatoms. The smallest absolute Gasteiger partial charge is 0.266 e. The molecule has 5 rings (SSSR count). The molecule has 3 aromatic rings. The highest BCUT2D eigenvalue weighted by molar-refractivity contribution is 6.23. The normalized spacial score (nSPS) is 22.0. The molecular formula is C27H26N2O4. The van der Waals surface area contributed by atoms with Gasteiger partial charge >= 0.3 is 0 Å². The molecule has 3 aromatic carbocycles. The van der Waals surface area contributed by atoms with E-state index in [9.17, 15) is 9.59 Å². The van der Waals surface area contributed by atoms with Crippen LogP contribution >= 0.6 is 0 Å². The van der Waals surface area contributed by atoms with Crippen molar-refractivity contribution >= 4 is 23.2 Å². The van der Waals surface area contributed by atoms with Gasteiger partial charge in [-0.2, -0.15) is 0 Å². The van der Waals surface area contributed by atoms with Crippen LogP contribution in [-0.2, 0) is 14.4 Å². The lowest BCUT2D eigenvalue weighted by Gasteiger charge is -2.28. The zero-order chi connectivity index (χ0) is 22.8. The Hall–Kier alpha value is -3.64. The average molecular weight is 443 g/mol. The van der Waals surface area contributed by atoms with E-state index in [1.54, 1.807) is 29.3 Å². The van der Waals surface area contributed by atoms with Crippen molar-refractivity contribution in [3.05, 3.63) is 90.5 Å². The van der Waals surface area contributed by atoms with Crippen LogP contribution in [0.25, 0.3) is 0 Å². The number of carbonyl (C=O) groups excluding carboxylic acids is 2. The Labute approximate surface area is 193 Å². The molecule has 0 aliphatic carbocycles. The van der Waals surface area contributed by atoms with Gasteiger partial charge in [-0.3, -0.25) is 14.4 Å². The molecule has 6 nitrogen and oxygen atoms in total. The van der Waals surface area contributed by atoms with E-state index in [2.05, 4.69) is 6.92 Å². The van der Waals surface area contributed by atoms with Crippen molar-refractivity contribution in [2.45, 2.75) is 31.9 Å². The van der Waals surface area contributed by atoms with E-state index < -0.39 is 18.1 Å². The van der Waals surface area contributed by atoms with Gasteiger partial charge in [0.15, 0.2) is 6.10 Å². The second-order valence-electron chi connectivity index (χ2n) is 8.28. The lowest BCUT2D eigenvalue weighted by molar-refractivity contribution is -0.126. The molecule has 2 amide bonds. The standard InChI is InChI=1S/C27H26N2O4/c1-2-3-18-32-22-16-14-20(15-17-22)28-26(30)23-24(19-10-6-4-7-11-19)29(33-25(23)27(28)31)21-12-8-5-9-13-21/h4-17,23-25H,2-3,18H2,1H3/t23-,24-,25+/m1/s1. The maximum atomic E-state index is 13.6. The maximum absolute atomic E-state index is 13.6. The molecular weight excluding hydrogens is 416 g/mol. The molecule has 0 bridgehead atoms. The highest BCUT2D eigenvalue weighted by atomic mass is 16.7. The molecule has 168 valence electrons. The fraction of sp³-hybridized carbons (Fsp3) is 0.259. The second-order valence-corrected chi connectivity index (χ2v) is 8.28. The van der Waals surface area contributed by atoms with E-state index in [-0.39, 0.29) is 11.8 Å². The van der Waals surface area contributed by atoms with Crippen molar-refractivity contribution in [1.82, 2.24) is 0 Å². The summed E-state index contributed by atoms with van der Waals surface area (Å²) in [5.41, 5.74) is 2.27. The molecule has 2 saturated heterocycles. The summed E-state index contributed by atoms with van der Waals surface area (Å²) < 4.78 is 5.71. The molecule has 33 heavy (non-hydrogen) atoms. The minimum Gasteiger partial charge on any atom is -0.494 e. The third-order valence-corrected chi connectivity index (χ3v) is 6.13. The first-order valence-electron chi connectivity index (χ1n) is 11.4. The quantitative estimate of drug-likeness (QED) is 0.384. The maximum Gasteiger partial charge on any atom is 0.266 e. The Kier molecular flexibility index (Phi) is 5.84. The number of amides is 2. The fourth-order valence-electron chi connectivity index (χ4n) is 4.48. The first-order chi connectivity index (χ1) is 16.2. The summed E-state index contributed by atoms with van der Waals surface area (Å²) >= 11 is 0. The number of benzene rings is 3. The zero-order valence-electron chi connectivity index (χ0n) is 18.5. The van der Waals surface area contributed by atoms with Gasteiger partial charge in [-0.1, -0.05) is 61.9 Å². The van der Waals surface area contributed by atoms with Gasteiger partial charge in [0.25, 0.3) is 5.91 Å². The summed E-state index contributed by atoms with van der Waals surface area (Å²) in [6, 6.07) is 26.0. The summed E-state index contributed by atoms with van der Waals surface area (Å²) in [5.74, 6) is -0.512. The molecule has 2 aliphatic heterocycles. The van der Waals surface area contributed by atoms with Gasteiger partial charge in [-0.15, -0.1) is 0 Å². The van der Waals surface area contributed by atoms with Crippen molar-refractivity contribution in [2.75, 3.05) is 16.6 Å². The van der Waals surface area contributed by atoms with Crippen molar-refractivity contribution < 1.29 is 19.2 Å². The van der Waals surface area contributed by atoms with Gasteiger partial charge in [0.05, 0.1) is 24.0 Å². The van der Waals surface area contributed by atoms with Crippen LogP contribution in [0.1, 0.15) is 31.4 Å². The Balaban J connectivity index is 1.45. The summed E-state index contributed by atoms with van der Waals surface area (Å²) in [5, 5.41) is 1.71. The Morgan fingerprint density at radius 1 is 0.818 bits per heavy atom.